The van der Waals surface area contributed by atoms with Crippen molar-refractivity contribution in [2.45, 2.75) is 75.9 Å². The number of aromatic nitrogens is 2. The Balaban J connectivity index is 1.70. The van der Waals surface area contributed by atoms with Gasteiger partial charge in [-0.25, -0.2) is 9.37 Å². The first-order chi connectivity index (χ1) is 13.4. The molecular weight excluding hydrogens is 373 g/mol. The molecule has 1 amide bonds. The summed E-state index contributed by atoms with van der Waals surface area (Å²) >= 11 is 1.54. The van der Waals surface area contributed by atoms with Crippen LogP contribution in [0.1, 0.15) is 62.0 Å². The van der Waals surface area contributed by atoms with Crippen molar-refractivity contribution >= 4 is 17.7 Å². The topological polar surface area (TPSA) is 38.1 Å². The molecule has 1 fully saturated rings. The maximum Gasteiger partial charge on any atom is 0.235 e. The van der Waals surface area contributed by atoms with Gasteiger partial charge < -0.3 is 9.47 Å². The van der Waals surface area contributed by atoms with Gasteiger partial charge in [0.05, 0.1) is 10.9 Å². The third-order valence-corrected chi connectivity index (χ3v) is 6.66. The summed E-state index contributed by atoms with van der Waals surface area (Å²) < 4.78 is 15.8. The van der Waals surface area contributed by atoms with Gasteiger partial charge in [0.25, 0.3) is 0 Å². The molecule has 2 aromatic rings. The summed E-state index contributed by atoms with van der Waals surface area (Å²) in [7, 11) is 1.77. The van der Waals surface area contributed by atoms with Crippen molar-refractivity contribution < 1.29 is 9.18 Å². The van der Waals surface area contributed by atoms with Gasteiger partial charge in [0.1, 0.15) is 5.82 Å². The predicted octanol–water partition coefficient (Wildman–Crippen LogP) is 5.28. The molecule has 1 aromatic heterocycles. The first-order valence-electron chi connectivity index (χ1n) is 10.1. The minimum Gasteiger partial charge on any atom is -0.340 e. The van der Waals surface area contributed by atoms with E-state index in [4.69, 9.17) is 4.98 Å². The molecule has 152 valence electrons. The number of carbonyl (C=O) groups is 1. The number of hydrogen-bond donors (Lipinski definition) is 0. The number of aryl methyl sites for hydroxylation is 1. The van der Waals surface area contributed by atoms with Crippen molar-refractivity contribution in [1.82, 2.24) is 14.5 Å². The standard InChI is InChI=1S/C22H30FN3OS/c1-15-16(2)26(20-11-6-5-7-12-20)22(24-15)28-17(3)21(27)25(4)14-18-9-8-10-19(23)13-18/h8-10,13,17,20H,5-7,11-12,14H2,1-4H3. The van der Waals surface area contributed by atoms with Crippen molar-refractivity contribution in [3.63, 3.8) is 0 Å². The molecule has 1 aromatic carbocycles. The molecule has 0 N–H and O–H groups in total. The van der Waals surface area contributed by atoms with Crippen LogP contribution < -0.4 is 0 Å². The quantitative estimate of drug-likeness (QED) is 0.616. The Hall–Kier alpha value is -1.82. The van der Waals surface area contributed by atoms with Gasteiger partial charge in [0.15, 0.2) is 5.16 Å². The second-order valence-electron chi connectivity index (χ2n) is 7.81. The SMILES string of the molecule is Cc1nc(SC(C)C(=O)N(C)Cc2cccc(F)c2)n(C2CCCCC2)c1C. The van der Waals surface area contributed by atoms with E-state index in [1.165, 1.54) is 61.7 Å². The predicted molar refractivity (Wildman–Crippen MR) is 112 cm³/mol. The Bertz CT molecular complexity index is 829. The Labute approximate surface area is 171 Å². The maximum absolute atomic E-state index is 13.4. The van der Waals surface area contributed by atoms with E-state index in [0.717, 1.165) is 16.4 Å². The van der Waals surface area contributed by atoms with Gasteiger partial charge >= 0.3 is 0 Å². The number of amides is 1. The van der Waals surface area contributed by atoms with Gasteiger partial charge in [-0.15, -0.1) is 0 Å². The fourth-order valence-electron chi connectivity index (χ4n) is 3.95. The molecule has 0 radical (unpaired) electrons. The molecule has 28 heavy (non-hydrogen) atoms. The Morgan fingerprint density at radius 1 is 1.32 bits per heavy atom. The van der Waals surface area contributed by atoms with Crippen LogP contribution in [0.4, 0.5) is 4.39 Å². The summed E-state index contributed by atoms with van der Waals surface area (Å²) in [6.45, 7) is 6.50. The maximum atomic E-state index is 13.4. The minimum atomic E-state index is -0.277. The average molecular weight is 404 g/mol. The molecule has 1 aliphatic carbocycles. The van der Waals surface area contributed by atoms with E-state index in [2.05, 4.69) is 11.5 Å². The number of carbonyl (C=O) groups excluding carboxylic acids is 1. The van der Waals surface area contributed by atoms with Crippen LogP contribution >= 0.6 is 11.8 Å². The highest BCUT2D eigenvalue weighted by Crippen LogP contribution is 2.35. The van der Waals surface area contributed by atoms with Gasteiger partial charge in [0, 0.05) is 25.3 Å². The van der Waals surface area contributed by atoms with E-state index in [9.17, 15) is 9.18 Å². The van der Waals surface area contributed by atoms with Gasteiger partial charge in [-0.3, -0.25) is 4.79 Å². The molecule has 0 spiro atoms. The van der Waals surface area contributed by atoms with Crippen LogP contribution in [-0.2, 0) is 11.3 Å². The first kappa shape index (κ1) is 20.9. The second kappa shape index (κ2) is 9.12. The second-order valence-corrected chi connectivity index (χ2v) is 9.12. The zero-order chi connectivity index (χ0) is 20.3. The summed E-state index contributed by atoms with van der Waals surface area (Å²) in [6, 6.07) is 6.90. The minimum absolute atomic E-state index is 0.0303. The summed E-state index contributed by atoms with van der Waals surface area (Å²) in [6.07, 6.45) is 6.20. The lowest BCUT2D eigenvalue weighted by molar-refractivity contribution is -0.129. The van der Waals surface area contributed by atoms with Crippen LogP contribution in [0.2, 0.25) is 0 Å². The Kier molecular flexibility index (Phi) is 6.81. The molecule has 0 bridgehead atoms. The number of thioether (sulfide) groups is 1. The largest absolute Gasteiger partial charge is 0.340 e. The summed E-state index contributed by atoms with van der Waals surface area (Å²) in [5.74, 6) is -0.246. The van der Waals surface area contributed by atoms with Gasteiger partial charge in [-0.05, 0) is 51.3 Å². The van der Waals surface area contributed by atoms with Crippen molar-refractivity contribution in [3.05, 3.63) is 47.0 Å². The highest BCUT2D eigenvalue weighted by Gasteiger charge is 2.26. The monoisotopic (exact) mass is 403 g/mol. The molecule has 6 heteroatoms. The lowest BCUT2D eigenvalue weighted by Gasteiger charge is -2.27. The number of benzene rings is 1. The first-order valence-corrected chi connectivity index (χ1v) is 11.0. The summed E-state index contributed by atoms with van der Waals surface area (Å²) in [4.78, 5) is 19.3. The molecule has 1 atom stereocenters. The highest BCUT2D eigenvalue weighted by molar-refractivity contribution is 8.00. The van der Waals surface area contributed by atoms with E-state index in [0.29, 0.717) is 12.6 Å². The third-order valence-electron chi connectivity index (χ3n) is 5.61. The molecule has 0 aliphatic heterocycles. The molecule has 4 nitrogen and oxygen atoms in total. The van der Waals surface area contributed by atoms with Gasteiger partial charge in [-0.2, -0.15) is 0 Å². The fraction of sp³-hybridized carbons (Fsp3) is 0.545. The zero-order valence-corrected chi connectivity index (χ0v) is 18.1. The lowest BCUT2D eigenvalue weighted by atomic mass is 9.95. The van der Waals surface area contributed by atoms with Crippen LogP contribution in [-0.4, -0.2) is 32.7 Å². The number of hydrogen-bond acceptors (Lipinski definition) is 3. The van der Waals surface area contributed by atoms with E-state index in [1.807, 2.05) is 19.9 Å². The molecule has 0 saturated heterocycles. The average Bonchev–Trinajstić information content (AvgIpc) is 2.95. The molecular formula is C22H30FN3OS. The Morgan fingerprint density at radius 3 is 2.71 bits per heavy atom. The third kappa shape index (κ3) is 4.77. The van der Waals surface area contributed by atoms with Crippen LogP contribution in [0, 0.1) is 19.7 Å². The highest BCUT2D eigenvalue weighted by atomic mass is 32.2. The number of halogens is 1. The molecule has 1 saturated carbocycles. The number of nitrogens with zero attached hydrogens (tertiary/aromatic N) is 3. The normalized spacial score (nSPS) is 16.2. The van der Waals surface area contributed by atoms with E-state index in [-0.39, 0.29) is 17.0 Å². The molecule has 1 aliphatic rings. The zero-order valence-electron chi connectivity index (χ0n) is 17.2. The molecule has 1 unspecified atom stereocenters. The summed E-state index contributed by atoms with van der Waals surface area (Å²) in [5.41, 5.74) is 3.05. The van der Waals surface area contributed by atoms with E-state index in [1.54, 1.807) is 18.0 Å². The van der Waals surface area contributed by atoms with Crippen molar-refractivity contribution in [1.29, 1.82) is 0 Å². The number of imidazole rings is 1. The Morgan fingerprint density at radius 2 is 2.04 bits per heavy atom. The van der Waals surface area contributed by atoms with Gasteiger partial charge in [-0.1, -0.05) is 43.2 Å². The van der Waals surface area contributed by atoms with Crippen LogP contribution in [0.3, 0.4) is 0 Å². The van der Waals surface area contributed by atoms with Crippen molar-refractivity contribution in [2.24, 2.45) is 0 Å². The van der Waals surface area contributed by atoms with E-state index >= 15 is 0 Å². The lowest BCUT2D eigenvalue weighted by Crippen LogP contribution is -2.33. The van der Waals surface area contributed by atoms with E-state index < -0.39 is 0 Å². The molecule has 3 rings (SSSR count). The van der Waals surface area contributed by atoms with Crippen LogP contribution in [0.15, 0.2) is 29.4 Å². The van der Waals surface area contributed by atoms with Crippen LogP contribution in [0.5, 0.6) is 0 Å². The van der Waals surface area contributed by atoms with Crippen molar-refractivity contribution in [2.75, 3.05) is 7.05 Å². The number of rotatable bonds is 6. The van der Waals surface area contributed by atoms with Crippen molar-refractivity contribution in [3.8, 4) is 0 Å². The van der Waals surface area contributed by atoms with Crippen LogP contribution in [0.25, 0.3) is 0 Å². The fourth-order valence-corrected chi connectivity index (χ4v) is 5.14. The summed E-state index contributed by atoms with van der Waals surface area (Å²) in [5, 5.41) is 0.698. The smallest absolute Gasteiger partial charge is 0.235 e. The molecule has 1 heterocycles. The van der Waals surface area contributed by atoms with Gasteiger partial charge in [0.2, 0.25) is 5.91 Å².